The van der Waals surface area contributed by atoms with Gasteiger partial charge in [-0.15, -0.1) is 13.2 Å². The van der Waals surface area contributed by atoms with Crippen LogP contribution in [-0.4, -0.2) is 35.7 Å². The molecule has 40 heavy (non-hydrogen) atoms. The van der Waals surface area contributed by atoms with Crippen molar-refractivity contribution in [2.75, 3.05) is 5.75 Å². The average molecular weight is 679 g/mol. The number of ether oxygens (including phenoxy) is 1. The van der Waals surface area contributed by atoms with Gasteiger partial charge in [-0.25, -0.2) is 15.0 Å². The Hall–Kier alpha value is -3.65. The van der Waals surface area contributed by atoms with Gasteiger partial charge in [0, 0.05) is 11.3 Å². The van der Waals surface area contributed by atoms with Crippen molar-refractivity contribution in [3.05, 3.63) is 99.1 Å². The summed E-state index contributed by atoms with van der Waals surface area (Å²) in [6, 6.07) is 18.4. The molecule has 0 heterocycles. The highest BCUT2D eigenvalue weighted by Crippen LogP contribution is 2.25. The van der Waals surface area contributed by atoms with Gasteiger partial charge in [-0.1, -0.05) is 82.9 Å². The molecule has 3 N–H and O–H groups in total. The minimum absolute atomic E-state index is 0.227. The van der Waals surface area contributed by atoms with E-state index in [-0.39, 0.29) is 11.6 Å². The zero-order valence-corrected chi connectivity index (χ0v) is 24.5. The van der Waals surface area contributed by atoms with Gasteiger partial charge in [0.1, 0.15) is 17.9 Å². The summed E-state index contributed by atoms with van der Waals surface area (Å²) >= 11 is 3.73. The van der Waals surface area contributed by atoms with E-state index in [2.05, 4.69) is 47.8 Å². The van der Waals surface area contributed by atoms with Crippen LogP contribution in [0, 0.1) is 13.8 Å². The summed E-state index contributed by atoms with van der Waals surface area (Å²) < 4.78 is 42.6. The zero-order chi connectivity index (χ0) is 29.0. The van der Waals surface area contributed by atoms with Crippen molar-refractivity contribution in [3.8, 4) is 5.75 Å². The number of nitrogens with two attached hydrogens (primary N) is 1. The molecular weight excluding hydrogens is 652 g/mol. The summed E-state index contributed by atoms with van der Waals surface area (Å²) in [5.74, 6) is 0.652. The molecule has 0 aliphatic rings. The Morgan fingerprint density at radius 2 is 1.70 bits per heavy atom. The number of aliphatic imine (C=N–C) groups is 3. The molecule has 208 valence electrons. The van der Waals surface area contributed by atoms with Gasteiger partial charge in [-0.3, -0.25) is 5.43 Å². The molecule has 7 nitrogen and oxygen atoms in total. The van der Waals surface area contributed by atoms with Crippen LogP contribution in [0.5, 0.6) is 5.75 Å². The third-order valence-electron chi connectivity index (χ3n) is 5.11. The zero-order valence-electron chi connectivity index (χ0n) is 21.6. The molecule has 0 aliphatic heterocycles. The molecule has 0 amide bonds. The van der Waals surface area contributed by atoms with Crippen LogP contribution in [0.15, 0.2) is 97.0 Å². The number of amidine groups is 2. The van der Waals surface area contributed by atoms with E-state index < -0.39 is 6.36 Å². The van der Waals surface area contributed by atoms with Crippen LogP contribution in [-0.2, 0) is 0 Å². The topological polar surface area (TPSA) is 96.7 Å². The van der Waals surface area contributed by atoms with E-state index in [1.165, 1.54) is 30.6 Å². The lowest BCUT2D eigenvalue weighted by Gasteiger charge is -2.08. The van der Waals surface area contributed by atoms with Crippen molar-refractivity contribution in [3.63, 3.8) is 0 Å². The number of nitrogens with one attached hydrogen (secondary N) is 1. The maximum atomic E-state index is 12.3. The molecule has 0 atom stereocenters. The summed E-state index contributed by atoms with van der Waals surface area (Å²) in [6.07, 6.45) is 0.204. The van der Waals surface area contributed by atoms with Crippen molar-refractivity contribution in [1.29, 1.82) is 0 Å². The number of para-hydroxylation sites is 1. The van der Waals surface area contributed by atoms with E-state index in [1.807, 2.05) is 54.3 Å². The van der Waals surface area contributed by atoms with E-state index in [0.29, 0.717) is 16.4 Å². The van der Waals surface area contributed by atoms with Crippen LogP contribution >= 0.6 is 34.4 Å². The van der Waals surface area contributed by atoms with Crippen molar-refractivity contribution in [2.45, 2.75) is 20.2 Å². The Labute approximate surface area is 248 Å². The molecule has 0 unspecified atom stereocenters. The number of nitrogens with zero attached hydrogens (tertiary/aromatic N) is 4. The number of benzene rings is 3. The van der Waals surface area contributed by atoms with Crippen LogP contribution in [0.4, 0.5) is 24.5 Å². The molecule has 0 radical (unpaired) electrons. The molecule has 0 aromatic heterocycles. The van der Waals surface area contributed by atoms with Crippen LogP contribution in [0.3, 0.4) is 0 Å². The van der Waals surface area contributed by atoms with E-state index >= 15 is 0 Å². The van der Waals surface area contributed by atoms with Gasteiger partial charge in [-0.05, 0) is 58.9 Å². The molecule has 0 saturated carbocycles. The first-order chi connectivity index (χ1) is 19.1. The molecule has 12 heteroatoms. The lowest BCUT2D eigenvalue weighted by Crippen LogP contribution is -2.16. The fraction of sp³-hybridized carbons (Fsp3) is 0.143. The van der Waals surface area contributed by atoms with Gasteiger partial charge in [-0.2, -0.15) is 5.10 Å². The highest BCUT2D eigenvalue weighted by molar-refractivity contribution is 14.1. The van der Waals surface area contributed by atoms with Crippen LogP contribution in [0.25, 0.3) is 0 Å². The number of hydrazone groups is 1. The number of hydrogen-bond donors (Lipinski definition) is 2. The largest absolute Gasteiger partial charge is 0.573 e. The van der Waals surface area contributed by atoms with Crippen molar-refractivity contribution < 1.29 is 17.9 Å². The SMILES string of the molecule is Cc1cccc(C)c1N=C(N/N=C/c1ccc(C(N)=NC=Nc2ccc(OC(F)(F)F)cc2)cc1)SC/C=C/I. The number of rotatable bonds is 9. The number of halogens is 4. The number of thioether (sulfide) groups is 1. The predicted octanol–water partition coefficient (Wildman–Crippen LogP) is 7.56. The van der Waals surface area contributed by atoms with Gasteiger partial charge in [0.15, 0.2) is 5.17 Å². The first kappa shape index (κ1) is 30.9. The lowest BCUT2D eigenvalue weighted by molar-refractivity contribution is -0.274. The maximum absolute atomic E-state index is 12.3. The summed E-state index contributed by atoms with van der Waals surface area (Å²) in [6.45, 7) is 4.05. The second kappa shape index (κ2) is 15.2. The monoisotopic (exact) mass is 678 g/mol. The van der Waals surface area contributed by atoms with Crippen molar-refractivity contribution in [2.24, 2.45) is 25.8 Å². The fourth-order valence-electron chi connectivity index (χ4n) is 3.20. The van der Waals surface area contributed by atoms with Crippen LogP contribution < -0.4 is 15.9 Å². The highest BCUT2D eigenvalue weighted by atomic mass is 127. The maximum Gasteiger partial charge on any atom is 0.573 e. The number of alkyl halides is 3. The Kier molecular flexibility index (Phi) is 11.8. The molecule has 3 aromatic carbocycles. The van der Waals surface area contributed by atoms with Gasteiger partial charge in [0.05, 0.1) is 17.6 Å². The second-order valence-corrected chi connectivity index (χ2v) is 9.85. The minimum Gasteiger partial charge on any atom is -0.406 e. The quantitative estimate of drug-likeness (QED) is 0.106. The molecule has 3 aromatic rings. The molecule has 0 bridgehead atoms. The van der Waals surface area contributed by atoms with Crippen molar-refractivity contribution >= 4 is 69.3 Å². The summed E-state index contributed by atoms with van der Waals surface area (Å²) in [5, 5.41) is 5.03. The molecular formula is C28H26F3IN6OS. The van der Waals surface area contributed by atoms with Gasteiger partial charge < -0.3 is 10.5 Å². The first-order valence-electron chi connectivity index (χ1n) is 11.8. The van der Waals surface area contributed by atoms with Gasteiger partial charge in [0.2, 0.25) is 0 Å². The summed E-state index contributed by atoms with van der Waals surface area (Å²) in [5.41, 5.74) is 14.1. The Balaban J connectivity index is 1.62. The molecule has 0 aliphatic carbocycles. The Morgan fingerprint density at radius 3 is 2.33 bits per heavy atom. The van der Waals surface area contributed by atoms with E-state index in [0.717, 1.165) is 28.1 Å². The van der Waals surface area contributed by atoms with Crippen LogP contribution in [0.2, 0.25) is 0 Å². The lowest BCUT2D eigenvalue weighted by atomic mass is 10.1. The number of hydrogen-bond acceptors (Lipinski definition) is 5. The van der Waals surface area contributed by atoms with Crippen LogP contribution in [0.1, 0.15) is 22.3 Å². The Bertz CT molecular complexity index is 1400. The average Bonchev–Trinajstić information content (AvgIpc) is 2.91. The second-order valence-electron chi connectivity index (χ2n) is 8.12. The molecule has 0 saturated heterocycles. The van der Waals surface area contributed by atoms with E-state index in [4.69, 9.17) is 10.7 Å². The third kappa shape index (κ3) is 10.5. The normalized spacial score (nSPS) is 13.1. The third-order valence-corrected chi connectivity index (χ3v) is 6.44. The number of aryl methyl sites for hydroxylation is 2. The summed E-state index contributed by atoms with van der Waals surface area (Å²) in [4.78, 5) is 13.0. The molecule has 3 rings (SSSR count). The van der Waals surface area contributed by atoms with E-state index in [1.54, 1.807) is 30.1 Å². The van der Waals surface area contributed by atoms with Gasteiger partial charge >= 0.3 is 6.36 Å². The minimum atomic E-state index is -4.75. The smallest absolute Gasteiger partial charge is 0.406 e. The predicted molar refractivity (Wildman–Crippen MR) is 168 cm³/mol. The van der Waals surface area contributed by atoms with Crippen molar-refractivity contribution in [1.82, 2.24) is 5.43 Å². The highest BCUT2D eigenvalue weighted by Gasteiger charge is 2.30. The fourth-order valence-corrected chi connectivity index (χ4v) is 4.43. The molecule has 0 fully saturated rings. The first-order valence-corrected chi connectivity index (χ1v) is 14.0. The Morgan fingerprint density at radius 1 is 1.02 bits per heavy atom. The van der Waals surface area contributed by atoms with Gasteiger partial charge in [0.25, 0.3) is 0 Å². The standard InChI is InChI=1S/C28H26F3IN6OS/c1-19-5-3-6-20(2)25(19)37-27(40-16-4-15-32)38-36-17-21-7-9-22(10-8-21)26(33)35-18-34-23-11-13-24(14-12-23)39-28(29,30)31/h3-15,17-18H,16H2,1-2H3,(H,37,38)(H2,33,34,35)/b15-4+,36-17+. The molecule has 0 spiro atoms. The summed E-state index contributed by atoms with van der Waals surface area (Å²) in [7, 11) is 0. The van der Waals surface area contributed by atoms with E-state index in [9.17, 15) is 13.2 Å².